The van der Waals surface area contributed by atoms with Crippen LogP contribution in [0, 0.1) is 5.92 Å². The predicted octanol–water partition coefficient (Wildman–Crippen LogP) is 1.96. The summed E-state index contributed by atoms with van der Waals surface area (Å²) < 4.78 is 5.04. The number of hydrogen-bond donors (Lipinski definition) is 0. The first kappa shape index (κ1) is 10.9. The van der Waals surface area contributed by atoms with E-state index < -0.39 is 0 Å². The van der Waals surface area contributed by atoms with E-state index in [1.807, 2.05) is 0 Å². The van der Waals surface area contributed by atoms with E-state index in [2.05, 4.69) is 11.8 Å². The van der Waals surface area contributed by atoms with Crippen LogP contribution in [0.15, 0.2) is 0 Å². The lowest BCUT2D eigenvalue weighted by atomic mass is 10.00. The van der Waals surface area contributed by atoms with Gasteiger partial charge in [-0.2, -0.15) is 0 Å². The van der Waals surface area contributed by atoms with Gasteiger partial charge in [0.1, 0.15) is 0 Å². The number of piperidine rings is 1. The lowest BCUT2D eigenvalue weighted by Gasteiger charge is -2.29. The molecule has 68 valence electrons. The molecule has 0 aromatic carbocycles. The summed E-state index contributed by atoms with van der Waals surface area (Å²) in [6.07, 6.45) is 2.67. The summed E-state index contributed by atoms with van der Waals surface area (Å²) in [6, 6.07) is 0. The van der Waals surface area contributed by atoms with Gasteiger partial charge >= 0.3 is 0 Å². The monoisotopic (exact) mass is 159 g/mol. The maximum atomic E-state index is 5.04. The lowest BCUT2D eigenvalue weighted by molar-refractivity contribution is 0.0414. The maximum Gasteiger partial charge on any atom is 0.0986 e. The number of hydrogen-bond acceptors (Lipinski definition) is 2. The van der Waals surface area contributed by atoms with Crippen molar-refractivity contribution >= 4 is 0 Å². The number of rotatable bonds is 2. The van der Waals surface area contributed by atoms with E-state index in [4.69, 9.17) is 4.74 Å². The molecule has 1 fully saturated rings. The molecule has 0 bridgehead atoms. The Kier molecular flexibility index (Phi) is 5.51. The maximum absolute atomic E-state index is 5.04. The molecule has 1 rings (SSSR count). The summed E-state index contributed by atoms with van der Waals surface area (Å²) in [5, 5.41) is 0. The van der Waals surface area contributed by atoms with Gasteiger partial charge in [-0.3, -0.25) is 4.90 Å². The van der Waals surface area contributed by atoms with Crippen LogP contribution in [0.2, 0.25) is 0 Å². The van der Waals surface area contributed by atoms with Crippen molar-refractivity contribution in [1.29, 1.82) is 0 Å². The Morgan fingerprint density at radius 3 is 2.36 bits per heavy atom. The molecular formula is C9H21NO. The topological polar surface area (TPSA) is 12.5 Å². The first-order valence-corrected chi connectivity index (χ1v) is 4.04. The number of nitrogens with zero attached hydrogens (tertiary/aromatic N) is 1. The molecule has 0 amide bonds. The third-order valence-electron chi connectivity index (χ3n) is 2.19. The smallest absolute Gasteiger partial charge is 0.0986 e. The fraction of sp³-hybridized carbons (Fsp3) is 1.00. The molecule has 1 heterocycles. The summed E-state index contributed by atoms with van der Waals surface area (Å²) in [6.45, 7) is 5.57. The van der Waals surface area contributed by atoms with E-state index >= 15 is 0 Å². The Hall–Kier alpha value is -0.0800. The normalized spacial score (nSPS) is 21.3. The summed E-state index contributed by atoms with van der Waals surface area (Å²) in [4.78, 5) is 2.36. The summed E-state index contributed by atoms with van der Waals surface area (Å²) in [7, 11) is 1.76. The van der Waals surface area contributed by atoms with Crippen molar-refractivity contribution in [1.82, 2.24) is 4.90 Å². The number of likely N-dealkylation sites (tertiary alicyclic amines) is 1. The molecule has 1 aliphatic heterocycles. The second kappa shape index (κ2) is 5.56. The zero-order valence-corrected chi connectivity index (χ0v) is 6.97. The molecule has 0 atom stereocenters. The van der Waals surface area contributed by atoms with Gasteiger partial charge in [0.25, 0.3) is 0 Å². The Morgan fingerprint density at radius 1 is 1.36 bits per heavy atom. The van der Waals surface area contributed by atoms with Crippen LogP contribution in [0.25, 0.3) is 0 Å². The number of methoxy groups -OCH3 is 1. The highest BCUT2D eigenvalue weighted by Crippen LogP contribution is 2.14. The van der Waals surface area contributed by atoms with Gasteiger partial charge in [-0.15, -0.1) is 0 Å². The van der Waals surface area contributed by atoms with E-state index in [-0.39, 0.29) is 7.43 Å². The van der Waals surface area contributed by atoms with Crippen LogP contribution in [0.4, 0.5) is 0 Å². The third-order valence-corrected chi connectivity index (χ3v) is 2.19. The van der Waals surface area contributed by atoms with Crippen LogP contribution in [0.5, 0.6) is 0 Å². The second-order valence-corrected chi connectivity index (χ2v) is 3.22. The zero-order chi connectivity index (χ0) is 7.40. The van der Waals surface area contributed by atoms with Crippen LogP contribution in [-0.4, -0.2) is 31.8 Å². The van der Waals surface area contributed by atoms with Crippen LogP contribution < -0.4 is 0 Å². The Bertz CT molecular complexity index is 87.6. The van der Waals surface area contributed by atoms with Gasteiger partial charge < -0.3 is 4.74 Å². The molecule has 0 aromatic rings. The molecule has 0 unspecified atom stereocenters. The average Bonchev–Trinajstić information content (AvgIpc) is 1.95. The largest absolute Gasteiger partial charge is 0.369 e. The van der Waals surface area contributed by atoms with Crippen molar-refractivity contribution in [2.45, 2.75) is 27.2 Å². The van der Waals surface area contributed by atoms with E-state index in [0.717, 1.165) is 12.6 Å². The minimum atomic E-state index is 0. The quantitative estimate of drug-likeness (QED) is 0.610. The van der Waals surface area contributed by atoms with Crippen molar-refractivity contribution < 1.29 is 4.74 Å². The van der Waals surface area contributed by atoms with E-state index in [9.17, 15) is 0 Å². The molecule has 0 saturated carbocycles. The Morgan fingerprint density at radius 2 is 1.91 bits per heavy atom. The average molecular weight is 159 g/mol. The van der Waals surface area contributed by atoms with Gasteiger partial charge in [0.05, 0.1) is 6.73 Å². The van der Waals surface area contributed by atoms with Gasteiger partial charge in [0.2, 0.25) is 0 Å². The van der Waals surface area contributed by atoms with Crippen molar-refractivity contribution in [3.05, 3.63) is 0 Å². The standard InChI is InChI=1S/C8H17NO.CH4/c1-8-3-5-9(6-4-8)7-10-2;/h8H,3-7H2,1-2H3;1H4. The minimum Gasteiger partial charge on any atom is -0.369 e. The SMILES string of the molecule is C.COCN1CCC(C)CC1. The molecule has 2 heteroatoms. The molecular weight excluding hydrogens is 138 g/mol. The van der Waals surface area contributed by atoms with Gasteiger partial charge in [-0.1, -0.05) is 14.4 Å². The predicted molar refractivity (Wildman–Crippen MR) is 48.6 cm³/mol. The highest BCUT2D eigenvalue weighted by atomic mass is 16.5. The van der Waals surface area contributed by atoms with Gasteiger partial charge in [-0.25, -0.2) is 0 Å². The highest BCUT2D eigenvalue weighted by molar-refractivity contribution is 4.66. The molecule has 11 heavy (non-hydrogen) atoms. The third kappa shape index (κ3) is 3.73. The Labute approximate surface area is 70.5 Å². The van der Waals surface area contributed by atoms with Crippen LogP contribution >= 0.6 is 0 Å². The van der Waals surface area contributed by atoms with E-state index in [0.29, 0.717) is 0 Å². The highest BCUT2D eigenvalue weighted by Gasteiger charge is 2.14. The molecule has 0 aliphatic carbocycles. The molecule has 1 saturated heterocycles. The first-order valence-electron chi connectivity index (χ1n) is 4.04. The van der Waals surface area contributed by atoms with Crippen LogP contribution in [-0.2, 0) is 4.74 Å². The van der Waals surface area contributed by atoms with Gasteiger partial charge in [0, 0.05) is 20.2 Å². The van der Waals surface area contributed by atoms with Crippen LogP contribution in [0.3, 0.4) is 0 Å². The second-order valence-electron chi connectivity index (χ2n) is 3.22. The van der Waals surface area contributed by atoms with E-state index in [1.54, 1.807) is 7.11 Å². The van der Waals surface area contributed by atoms with Gasteiger partial charge in [-0.05, 0) is 18.8 Å². The van der Waals surface area contributed by atoms with Crippen molar-refractivity contribution in [2.75, 3.05) is 26.9 Å². The molecule has 0 radical (unpaired) electrons. The number of ether oxygens (including phenoxy) is 1. The minimum absolute atomic E-state index is 0. The molecule has 0 aromatic heterocycles. The van der Waals surface area contributed by atoms with Crippen molar-refractivity contribution in [3.8, 4) is 0 Å². The van der Waals surface area contributed by atoms with Gasteiger partial charge in [0.15, 0.2) is 0 Å². The Balaban J connectivity index is 0.000001000. The summed E-state index contributed by atoms with van der Waals surface area (Å²) in [5.74, 6) is 0.924. The van der Waals surface area contributed by atoms with E-state index in [1.165, 1.54) is 25.9 Å². The van der Waals surface area contributed by atoms with Crippen molar-refractivity contribution in [2.24, 2.45) is 5.92 Å². The molecule has 0 spiro atoms. The summed E-state index contributed by atoms with van der Waals surface area (Å²) >= 11 is 0. The lowest BCUT2D eigenvalue weighted by Crippen LogP contribution is -2.34. The van der Waals surface area contributed by atoms with Crippen LogP contribution in [0.1, 0.15) is 27.2 Å². The zero-order valence-electron chi connectivity index (χ0n) is 6.97. The fourth-order valence-corrected chi connectivity index (χ4v) is 1.37. The van der Waals surface area contributed by atoms with Crippen molar-refractivity contribution in [3.63, 3.8) is 0 Å². The molecule has 0 N–H and O–H groups in total. The summed E-state index contributed by atoms with van der Waals surface area (Å²) in [5.41, 5.74) is 0. The molecule has 2 nitrogen and oxygen atoms in total. The first-order chi connectivity index (χ1) is 4.83. The molecule has 1 aliphatic rings. The fourth-order valence-electron chi connectivity index (χ4n) is 1.37.